The summed E-state index contributed by atoms with van der Waals surface area (Å²) in [5.74, 6) is 1.45. The Morgan fingerprint density at radius 2 is 1.82 bits per heavy atom. The Morgan fingerprint density at radius 3 is 2.53 bits per heavy atom. The predicted octanol–water partition coefficient (Wildman–Crippen LogP) is 0.0784. The maximum absolute atomic E-state index is 5.67. The van der Waals surface area contributed by atoms with Crippen LogP contribution in [0.4, 0.5) is 0 Å². The minimum Gasteiger partial charge on any atom is -0.551 e. The first-order chi connectivity index (χ1) is 7.90. The van der Waals surface area contributed by atoms with E-state index >= 15 is 0 Å². The molecule has 0 unspecified atom stereocenters. The zero-order valence-electron chi connectivity index (χ0n) is 10.1. The average Bonchev–Trinajstić information content (AvgIpc) is 2.38. The fourth-order valence-electron chi connectivity index (χ4n) is 1.41. The smallest absolute Gasteiger partial charge is 0.551 e. The van der Waals surface area contributed by atoms with Crippen LogP contribution in [0.15, 0.2) is 48.5 Å². The summed E-state index contributed by atoms with van der Waals surface area (Å²) in [7, 11) is 1.62. The fourth-order valence-corrected chi connectivity index (χ4v) is 1.41. The van der Waals surface area contributed by atoms with Crippen molar-refractivity contribution in [2.75, 3.05) is 7.11 Å². The number of methoxy groups -OCH3 is 1. The molecule has 0 bridgehead atoms. The predicted molar refractivity (Wildman–Crippen MR) is 62.6 cm³/mol. The van der Waals surface area contributed by atoms with Gasteiger partial charge in [0.15, 0.2) is 0 Å². The van der Waals surface area contributed by atoms with E-state index in [4.69, 9.17) is 9.47 Å². The third-order valence-corrected chi connectivity index (χ3v) is 2.25. The summed E-state index contributed by atoms with van der Waals surface area (Å²) < 4.78 is 10.8. The molecule has 0 N–H and O–H groups in total. The Hall–Kier alpha value is -1.36. The van der Waals surface area contributed by atoms with E-state index in [2.05, 4.69) is 6.07 Å². The summed E-state index contributed by atoms with van der Waals surface area (Å²) in [5, 5.41) is 0. The number of hydrogen-bond acceptors (Lipinski definition) is 2. The van der Waals surface area contributed by atoms with E-state index in [1.54, 1.807) is 13.2 Å². The number of hydrogen-bond donors (Lipinski definition) is 0. The van der Waals surface area contributed by atoms with Crippen LogP contribution in [-0.2, 0) is 6.61 Å². The molecule has 0 aliphatic rings. The largest absolute Gasteiger partial charge is 1.00 e. The zero-order chi connectivity index (χ0) is 11.2. The second-order valence-corrected chi connectivity index (χ2v) is 3.35. The van der Waals surface area contributed by atoms with Crippen LogP contribution >= 0.6 is 0 Å². The van der Waals surface area contributed by atoms with Crippen molar-refractivity contribution in [1.29, 1.82) is 0 Å². The monoisotopic (exact) mass is 220 g/mol. The Bertz CT molecular complexity index is 443. The molecule has 2 aromatic rings. The van der Waals surface area contributed by atoms with Crippen LogP contribution in [0.5, 0.6) is 11.5 Å². The quantitative estimate of drug-likeness (QED) is 0.536. The van der Waals surface area contributed by atoms with Gasteiger partial charge in [-0.05, 0) is 5.56 Å². The third-order valence-electron chi connectivity index (χ3n) is 2.25. The third kappa shape index (κ3) is 3.85. The Labute approximate surface area is 114 Å². The summed E-state index contributed by atoms with van der Waals surface area (Å²) in [6.45, 7) is 0.543. The van der Waals surface area contributed by atoms with Crippen LogP contribution in [0.25, 0.3) is 0 Å². The topological polar surface area (TPSA) is 18.5 Å². The van der Waals surface area contributed by atoms with E-state index < -0.39 is 0 Å². The van der Waals surface area contributed by atoms with Crippen LogP contribution in [0.1, 0.15) is 5.56 Å². The molecule has 0 saturated carbocycles. The standard InChI is InChI=1S/C14H13O2.Li/c1-15-13-9-5-6-10-14(13)16-11-12-7-3-2-4-8-12;/h2-4,6-10H,11H2,1H3;/q-1;+1. The maximum atomic E-state index is 5.67. The van der Waals surface area contributed by atoms with E-state index in [0.29, 0.717) is 12.4 Å². The number of ether oxygens (including phenoxy) is 2. The van der Waals surface area contributed by atoms with Crippen LogP contribution in [0.2, 0.25) is 0 Å². The van der Waals surface area contributed by atoms with Crippen LogP contribution < -0.4 is 28.3 Å². The SMILES string of the molecule is COc1c[c-]ccc1OCc1ccccc1.[Li+]. The van der Waals surface area contributed by atoms with Gasteiger partial charge in [-0.3, -0.25) is 0 Å². The molecule has 2 rings (SSSR count). The van der Waals surface area contributed by atoms with Crippen molar-refractivity contribution in [3.63, 3.8) is 0 Å². The summed E-state index contributed by atoms with van der Waals surface area (Å²) in [6.07, 6.45) is 0. The van der Waals surface area contributed by atoms with Gasteiger partial charge in [-0.25, -0.2) is 0 Å². The molecule has 3 heteroatoms. The molecule has 2 nitrogen and oxygen atoms in total. The van der Waals surface area contributed by atoms with Gasteiger partial charge in [-0.1, -0.05) is 30.3 Å². The van der Waals surface area contributed by atoms with Crippen molar-refractivity contribution >= 4 is 0 Å². The molecule has 17 heavy (non-hydrogen) atoms. The minimum absolute atomic E-state index is 0. The molecule has 0 fully saturated rings. The molecule has 0 saturated heterocycles. The van der Waals surface area contributed by atoms with Crippen molar-refractivity contribution in [2.24, 2.45) is 0 Å². The van der Waals surface area contributed by atoms with Crippen molar-refractivity contribution in [1.82, 2.24) is 0 Å². The van der Waals surface area contributed by atoms with E-state index in [-0.39, 0.29) is 18.9 Å². The van der Waals surface area contributed by atoms with Crippen molar-refractivity contribution in [2.45, 2.75) is 6.61 Å². The van der Waals surface area contributed by atoms with Gasteiger partial charge >= 0.3 is 18.9 Å². The van der Waals surface area contributed by atoms with Gasteiger partial charge in [-0.15, -0.1) is 12.1 Å². The molecule has 0 aliphatic heterocycles. The normalized spacial score (nSPS) is 9.24. The van der Waals surface area contributed by atoms with Gasteiger partial charge in [-0.2, -0.15) is 12.1 Å². The van der Waals surface area contributed by atoms with Crippen molar-refractivity contribution < 1.29 is 28.3 Å². The summed E-state index contributed by atoms with van der Waals surface area (Å²) in [6, 6.07) is 18.4. The van der Waals surface area contributed by atoms with Gasteiger partial charge in [0, 0.05) is 5.75 Å². The number of rotatable bonds is 4. The molecule has 0 aromatic heterocycles. The molecule has 2 aromatic carbocycles. The van der Waals surface area contributed by atoms with E-state index in [1.807, 2.05) is 42.5 Å². The summed E-state index contributed by atoms with van der Waals surface area (Å²) in [5.41, 5.74) is 1.14. The molecule has 0 amide bonds. The molecule has 0 heterocycles. The average molecular weight is 220 g/mol. The zero-order valence-corrected chi connectivity index (χ0v) is 10.1. The Kier molecular flexibility index (Phi) is 5.69. The van der Waals surface area contributed by atoms with Gasteiger partial charge in [0.2, 0.25) is 0 Å². The molecule has 0 aliphatic carbocycles. The Morgan fingerprint density at radius 1 is 1.06 bits per heavy atom. The van der Waals surface area contributed by atoms with Gasteiger partial charge in [0.1, 0.15) is 6.61 Å². The molecular formula is C14H13LiO2. The maximum Gasteiger partial charge on any atom is 1.00 e. The summed E-state index contributed by atoms with van der Waals surface area (Å²) >= 11 is 0. The van der Waals surface area contributed by atoms with Crippen LogP contribution in [0.3, 0.4) is 0 Å². The van der Waals surface area contributed by atoms with E-state index in [1.165, 1.54) is 0 Å². The molecule has 82 valence electrons. The van der Waals surface area contributed by atoms with Crippen molar-refractivity contribution in [3.8, 4) is 11.5 Å². The molecular weight excluding hydrogens is 207 g/mol. The van der Waals surface area contributed by atoms with E-state index in [9.17, 15) is 0 Å². The first kappa shape index (κ1) is 13.7. The van der Waals surface area contributed by atoms with Crippen molar-refractivity contribution in [3.05, 3.63) is 60.2 Å². The first-order valence-electron chi connectivity index (χ1n) is 5.11. The molecule has 0 radical (unpaired) electrons. The van der Waals surface area contributed by atoms with Gasteiger partial charge in [0.05, 0.1) is 12.9 Å². The van der Waals surface area contributed by atoms with Gasteiger partial charge in [0.25, 0.3) is 0 Å². The first-order valence-corrected chi connectivity index (χ1v) is 5.11. The van der Waals surface area contributed by atoms with E-state index in [0.717, 1.165) is 11.3 Å². The van der Waals surface area contributed by atoms with Crippen LogP contribution in [-0.4, -0.2) is 7.11 Å². The second kappa shape index (κ2) is 7.06. The summed E-state index contributed by atoms with van der Waals surface area (Å²) in [4.78, 5) is 0. The molecule has 0 atom stereocenters. The Balaban J connectivity index is 0.00000144. The fraction of sp³-hybridized carbons (Fsp3) is 0.143. The van der Waals surface area contributed by atoms with Gasteiger partial charge < -0.3 is 9.47 Å². The van der Waals surface area contributed by atoms with Crippen LogP contribution in [0, 0.1) is 6.07 Å². The minimum atomic E-state index is 0. The molecule has 0 spiro atoms. The number of benzene rings is 2. The second-order valence-electron chi connectivity index (χ2n) is 3.35.